The zero-order valence-electron chi connectivity index (χ0n) is 18.6. The summed E-state index contributed by atoms with van der Waals surface area (Å²) in [5.41, 5.74) is 1.22. The maximum Gasteiger partial charge on any atom is 0.272 e. The van der Waals surface area contributed by atoms with Crippen LogP contribution in [0.15, 0.2) is 30.3 Å². The molecule has 0 radical (unpaired) electrons. The van der Waals surface area contributed by atoms with E-state index < -0.39 is 11.9 Å². The van der Waals surface area contributed by atoms with Gasteiger partial charge in [-0.1, -0.05) is 12.1 Å². The third-order valence-electron chi connectivity index (χ3n) is 5.87. The summed E-state index contributed by atoms with van der Waals surface area (Å²) in [4.78, 5) is 39.7. The van der Waals surface area contributed by atoms with Gasteiger partial charge in [-0.15, -0.1) is 0 Å². The molecule has 0 bridgehead atoms. The second-order valence-electron chi connectivity index (χ2n) is 8.42. The van der Waals surface area contributed by atoms with Crippen molar-refractivity contribution < 1.29 is 23.5 Å². The lowest BCUT2D eigenvalue weighted by Gasteiger charge is -2.20. The number of fused-ring (bicyclic) bond motifs is 1. The fourth-order valence-corrected chi connectivity index (χ4v) is 4.02. The van der Waals surface area contributed by atoms with E-state index in [-0.39, 0.29) is 29.4 Å². The first-order valence-corrected chi connectivity index (χ1v) is 11.2. The normalized spacial score (nSPS) is 19.0. The molecule has 1 fully saturated rings. The van der Waals surface area contributed by atoms with Gasteiger partial charge >= 0.3 is 0 Å². The van der Waals surface area contributed by atoms with Crippen molar-refractivity contribution in [3.05, 3.63) is 53.1 Å². The molecule has 1 saturated heterocycles. The second-order valence-corrected chi connectivity index (χ2v) is 8.42. The van der Waals surface area contributed by atoms with Gasteiger partial charge in [0.1, 0.15) is 17.6 Å². The van der Waals surface area contributed by atoms with Crippen LogP contribution >= 0.6 is 0 Å². The molecule has 2 atom stereocenters. The highest BCUT2D eigenvalue weighted by molar-refractivity contribution is 5.99. The number of nitrogens with zero attached hydrogens (tertiary/aromatic N) is 3. The van der Waals surface area contributed by atoms with Gasteiger partial charge in [0.05, 0.1) is 6.10 Å². The van der Waals surface area contributed by atoms with Crippen LogP contribution in [0.4, 0.5) is 4.39 Å². The highest BCUT2D eigenvalue weighted by Gasteiger charge is 2.27. The highest BCUT2D eigenvalue weighted by Crippen LogP contribution is 2.17. The molecule has 2 aromatic rings. The molecule has 1 aromatic heterocycles. The predicted octanol–water partition coefficient (Wildman–Crippen LogP) is 1.48. The van der Waals surface area contributed by atoms with Crippen LogP contribution in [0.5, 0.6) is 0 Å². The minimum Gasteiger partial charge on any atom is -0.376 e. The summed E-state index contributed by atoms with van der Waals surface area (Å²) in [6.07, 6.45) is 2.58. The molecule has 176 valence electrons. The molecule has 4 rings (SSSR count). The summed E-state index contributed by atoms with van der Waals surface area (Å²) in [6.45, 7) is 4.08. The van der Waals surface area contributed by atoms with Crippen molar-refractivity contribution in [1.82, 2.24) is 25.3 Å². The highest BCUT2D eigenvalue weighted by atomic mass is 19.1. The van der Waals surface area contributed by atoms with Gasteiger partial charge in [0, 0.05) is 38.9 Å². The zero-order chi connectivity index (χ0) is 23.4. The van der Waals surface area contributed by atoms with E-state index in [2.05, 4.69) is 15.7 Å². The van der Waals surface area contributed by atoms with Gasteiger partial charge in [-0.3, -0.25) is 19.1 Å². The smallest absolute Gasteiger partial charge is 0.272 e. The summed E-state index contributed by atoms with van der Waals surface area (Å²) in [7, 11) is 0. The molecule has 10 heteroatoms. The van der Waals surface area contributed by atoms with Crippen LogP contribution in [-0.2, 0) is 22.6 Å². The van der Waals surface area contributed by atoms with E-state index in [1.165, 1.54) is 22.9 Å². The van der Waals surface area contributed by atoms with E-state index in [9.17, 15) is 18.8 Å². The Kier molecular flexibility index (Phi) is 7.02. The Hall–Kier alpha value is -3.27. The molecule has 9 nitrogen and oxygen atoms in total. The van der Waals surface area contributed by atoms with Crippen LogP contribution in [0.1, 0.15) is 52.7 Å². The van der Waals surface area contributed by atoms with E-state index in [4.69, 9.17) is 4.74 Å². The lowest BCUT2D eigenvalue weighted by molar-refractivity contribution is -0.123. The number of carbonyl (C=O) groups excluding carboxylic acids is 3. The van der Waals surface area contributed by atoms with Crippen molar-refractivity contribution in [3.8, 4) is 0 Å². The van der Waals surface area contributed by atoms with Gasteiger partial charge in [0.15, 0.2) is 5.69 Å². The molecule has 3 amide bonds. The maximum absolute atomic E-state index is 13.2. The van der Waals surface area contributed by atoms with E-state index in [0.717, 1.165) is 18.4 Å². The summed E-state index contributed by atoms with van der Waals surface area (Å²) in [5.74, 6) is -1.40. The van der Waals surface area contributed by atoms with E-state index in [0.29, 0.717) is 44.9 Å². The van der Waals surface area contributed by atoms with Gasteiger partial charge in [0.25, 0.3) is 11.8 Å². The first kappa shape index (κ1) is 22.9. The fourth-order valence-electron chi connectivity index (χ4n) is 4.02. The Bertz CT molecular complexity index is 1020. The summed E-state index contributed by atoms with van der Waals surface area (Å²) < 4.78 is 20.2. The Morgan fingerprint density at radius 2 is 2.03 bits per heavy atom. The number of rotatable bonds is 7. The van der Waals surface area contributed by atoms with Gasteiger partial charge in [-0.2, -0.15) is 5.10 Å². The molecule has 2 aliphatic rings. The average molecular weight is 458 g/mol. The van der Waals surface area contributed by atoms with Gasteiger partial charge in [0.2, 0.25) is 5.91 Å². The van der Waals surface area contributed by atoms with Crippen molar-refractivity contribution in [1.29, 1.82) is 0 Å². The standard InChI is InChI=1S/C23H28FN5O4/c1-15(21(30)25-13-18-4-2-11-33-18)26-22(31)19-12-20-23(32)28(9-3-10-29(20)27-19)14-16-5-7-17(24)8-6-16/h5-8,12,15,18H,2-4,9-11,13-14H2,1H3,(H,25,30)(H,26,31)/t15-,18+/m0/s1. The van der Waals surface area contributed by atoms with E-state index in [1.807, 2.05) is 0 Å². The van der Waals surface area contributed by atoms with E-state index in [1.54, 1.807) is 24.0 Å². The Morgan fingerprint density at radius 1 is 1.24 bits per heavy atom. The predicted molar refractivity (Wildman–Crippen MR) is 117 cm³/mol. The number of aryl methyl sites for hydroxylation is 1. The van der Waals surface area contributed by atoms with Crippen LogP contribution in [0.3, 0.4) is 0 Å². The van der Waals surface area contributed by atoms with E-state index >= 15 is 0 Å². The van der Waals surface area contributed by atoms with Crippen molar-refractivity contribution >= 4 is 17.7 Å². The number of benzene rings is 1. The van der Waals surface area contributed by atoms with Gasteiger partial charge in [-0.25, -0.2) is 4.39 Å². The van der Waals surface area contributed by atoms with Crippen LogP contribution < -0.4 is 10.6 Å². The quantitative estimate of drug-likeness (QED) is 0.655. The number of hydrogen-bond acceptors (Lipinski definition) is 5. The molecule has 2 aliphatic heterocycles. The molecular formula is C23H28FN5O4. The molecule has 0 unspecified atom stereocenters. The van der Waals surface area contributed by atoms with Crippen molar-refractivity contribution in [3.63, 3.8) is 0 Å². The number of carbonyl (C=O) groups is 3. The molecule has 2 N–H and O–H groups in total. The van der Waals surface area contributed by atoms with Gasteiger partial charge < -0.3 is 20.3 Å². The van der Waals surface area contributed by atoms with Crippen molar-refractivity contribution in [2.75, 3.05) is 19.7 Å². The first-order valence-electron chi connectivity index (χ1n) is 11.2. The third-order valence-corrected chi connectivity index (χ3v) is 5.87. The van der Waals surface area contributed by atoms with Crippen LogP contribution in [0.25, 0.3) is 0 Å². The monoisotopic (exact) mass is 457 g/mol. The summed E-state index contributed by atoms with van der Waals surface area (Å²) in [5, 5.41) is 9.72. The topological polar surface area (TPSA) is 106 Å². The number of nitrogens with one attached hydrogen (secondary N) is 2. The fraction of sp³-hybridized carbons (Fsp3) is 0.478. The molecule has 0 saturated carbocycles. The largest absolute Gasteiger partial charge is 0.376 e. The first-order chi connectivity index (χ1) is 15.9. The number of halogens is 1. The Morgan fingerprint density at radius 3 is 2.76 bits per heavy atom. The van der Waals surface area contributed by atoms with Crippen LogP contribution in [0.2, 0.25) is 0 Å². The van der Waals surface area contributed by atoms with Gasteiger partial charge in [-0.05, 0) is 43.9 Å². The van der Waals surface area contributed by atoms with Crippen molar-refractivity contribution in [2.24, 2.45) is 0 Å². The second kappa shape index (κ2) is 10.1. The lowest BCUT2D eigenvalue weighted by atomic mass is 10.2. The van der Waals surface area contributed by atoms with Crippen LogP contribution in [-0.4, -0.2) is 64.2 Å². The Labute approximate surface area is 191 Å². The zero-order valence-corrected chi connectivity index (χ0v) is 18.6. The van der Waals surface area contributed by atoms with Crippen LogP contribution in [0, 0.1) is 5.82 Å². The number of hydrogen-bond donors (Lipinski definition) is 2. The number of amides is 3. The Balaban J connectivity index is 1.37. The summed E-state index contributed by atoms with van der Waals surface area (Å²) >= 11 is 0. The minimum atomic E-state index is -0.758. The minimum absolute atomic E-state index is 0.0181. The maximum atomic E-state index is 13.2. The molecule has 0 aliphatic carbocycles. The number of ether oxygens (including phenoxy) is 1. The average Bonchev–Trinajstić information content (AvgIpc) is 3.45. The lowest BCUT2D eigenvalue weighted by Crippen LogP contribution is -2.46. The molecule has 0 spiro atoms. The molecule has 3 heterocycles. The molecular weight excluding hydrogens is 429 g/mol. The molecule has 33 heavy (non-hydrogen) atoms. The number of aromatic nitrogens is 2. The molecule has 1 aromatic carbocycles. The SMILES string of the molecule is C[C@H](NC(=O)c1cc2n(n1)CCCN(Cc1ccc(F)cc1)C2=O)C(=O)NC[C@H]1CCCO1. The van der Waals surface area contributed by atoms with Crippen molar-refractivity contribution in [2.45, 2.75) is 51.4 Å². The third kappa shape index (κ3) is 5.57. The summed E-state index contributed by atoms with van der Waals surface area (Å²) in [6, 6.07) is 6.72.